The third-order valence-corrected chi connectivity index (χ3v) is 5.84. The molecule has 2 rings (SSSR count). The van der Waals surface area contributed by atoms with Gasteiger partial charge in [-0.3, -0.25) is 4.57 Å². The molecular formula is C22H23ClNO6P. The lowest BCUT2D eigenvalue weighted by Crippen LogP contribution is -2.41. The Bertz CT molecular complexity index is 958. The lowest BCUT2D eigenvalue weighted by atomic mass is 10.2. The highest BCUT2D eigenvalue weighted by Crippen LogP contribution is 2.50. The Morgan fingerprint density at radius 3 is 2.06 bits per heavy atom. The molecule has 1 N–H and O–H groups in total. The molecule has 0 spiro atoms. The molecule has 7 nitrogen and oxygen atoms in total. The van der Waals surface area contributed by atoms with Gasteiger partial charge in [-0.1, -0.05) is 72.5 Å². The number of benzene rings is 2. The normalized spacial score (nSPS) is 13.1. The number of alkyl carbamates (subject to hydrolysis) is 1. The van der Waals surface area contributed by atoms with Gasteiger partial charge in [-0.25, -0.2) is 9.59 Å². The standard InChI is InChI=1S/C22H23ClNO6P/c1-28-31(23,27)15-9-8-14-20(21(25)29-16-18-10-4-2-5-11-18)24-22(26)30-17-19-12-6-3-7-13-19/h2-7,10-13,20H,14-17H2,1H3,(H,24,26)/t20-,31?/m0/s1. The highest BCUT2D eigenvalue weighted by Gasteiger charge is 2.23. The van der Waals surface area contributed by atoms with Crippen LogP contribution in [0.3, 0.4) is 0 Å². The van der Waals surface area contributed by atoms with Gasteiger partial charge >= 0.3 is 18.8 Å². The lowest BCUT2D eigenvalue weighted by Gasteiger charge is -2.16. The average molecular weight is 464 g/mol. The zero-order chi connectivity index (χ0) is 22.5. The molecule has 0 fully saturated rings. The smallest absolute Gasteiger partial charge is 0.408 e. The topological polar surface area (TPSA) is 90.9 Å². The Balaban J connectivity index is 1.96. The largest absolute Gasteiger partial charge is 0.459 e. The number of nitrogens with one attached hydrogen (secondary N) is 1. The van der Waals surface area contributed by atoms with Gasteiger partial charge in [0.2, 0.25) is 0 Å². The number of carbonyl (C=O) groups excluding carboxylic acids is 2. The summed E-state index contributed by atoms with van der Waals surface area (Å²) in [6.45, 7) is -3.22. The summed E-state index contributed by atoms with van der Waals surface area (Å²) in [5.74, 6) is 4.60. The lowest BCUT2D eigenvalue weighted by molar-refractivity contribution is -0.147. The second-order valence-electron chi connectivity index (χ2n) is 6.34. The molecule has 9 heteroatoms. The average Bonchev–Trinajstić information content (AvgIpc) is 2.79. The van der Waals surface area contributed by atoms with Crippen molar-refractivity contribution in [1.82, 2.24) is 5.32 Å². The third-order valence-electron chi connectivity index (χ3n) is 3.99. The van der Waals surface area contributed by atoms with Crippen molar-refractivity contribution in [3.8, 4) is 11.8 Å². The molecule has 0 bridgehead atoms. The molecule has 2 aromatic carbocycles. The van der Waals surface area contributed by atoms with Crippen LogP contribution in [0.1, 0.15) is 17.5 Å². The predicted molar refractivity (Wildman–Crippen MR) is 118 cm³/mol. The van der Waals surface area contributed by atoms with E-state index in [1.54, 1.807) is 0 Å². The third kappa shape index (κ3) is 9.71. The van der Waals surface area contributed by atoms with Crippen molar-refractivity contribution >= 4 is 30.0 Å². The summed E-state index contributed by atoms with van der Waals surface area (Å²) in [6.07, 6.45) is -1.04. The Kier molecular flexibility index (Phi) is 10.1. The van der Waals surface area contributed by atoms with Crippen molar-refractivity contribution in [3.63, 3.8) is 0 Å². The molecule has 1 unspecified atom stereocenters. The summed E-state index contributed by atoms with van der Waals surface area (Å²) < 4.78 is 26.8. The second kappa shape index (κ2) is 12.8. The monoisotopic (exact) mass is 463 g/mol. The molecule has 0 radical (unpaired) electrons. The van der Waals surface area contributed by atoms with Gasteiger partial charge in [0.15, 0.2) is 0 Å². The molecule has 0 saturated heterocycles. The summed E-state index contributed by atoms with van der Waals surface area (Å²) in [5.41, 5.74) is 1.61. The first-order valence-electron chi connectivity index (χ1n) is 9.37. The number of carbonyl (C=O) groups is 2. The van der Waals surface area contributed by atoms with Crippen LogP contribution in [-0.4, -0.2) is 31.4 Å². The number of ether oxygens (including phenoxy) is 2. The van der Waals surface area contributed by atoms with Gasteiger partial charge < -0.3 is 19.3 Å². The zero-order valence-electron chi connectivity index (χ0n) is 17.0. The van der Waals surface area contributed by atoms with Crippen molar-refractivity contribution in [1.29, 1.82) is 0 Å². The van der Waals surface area contributed by atoms with E-state index in [1.165, 1.54) is 7.11 Å². The van der Waals surface area contributed by atoms with Crippen molar-refractivity contribution < 1.29 is 28.2 Å². The molecule has 2 aromatic rings. The number of amides is 1. The van der Waals surface area contributed by atoms with Gasteiger partial charge in [-0.2, -0.15) is 0 Å². The van der Waals surface area contributed by atoms with Crippen molar-refractivity contribution in [3.05, 3.63) is 71.8 Å². The number of halogens is 1. The Labute approximate surface area is 186 Å². The molecule has 1 amide bonds. The van der Waals surface area contributed by atoms with Crippen LogP contribution < -0.4 is 5.32 Å². The molecule has 0 aliphatic carbocycles. The van der Waals surface area contributed by atoms with E-state index in [0.717, 1.165) is 11.1 Å². The molecule has 0 aromatic heterocycles. The van der Waals surface area contributed by atoms with E-state index in [2.05, 4.69) is 21.7 Å². The Morgan fingerprint density at radius 1 is 0.968 bits per heavy atom. The Hall–Kier alpha value is -2.78. The van der Waals surface area contributed by atoms with Crippen LogP contribution in [0.2, 0.25) is 0 Å². The predicted octanol–water partition coefficient (Wildman–Crippen LogP) is 4.50. The molecule has 2 atom stereocenters. The first kappa shape index (κ1) is 24.5. The number of rotatable bonds is 9. The fraction of sp³-hybridized carbons (Fsp3) is 0.273. The summed E-state index contributed by atoms with van der Waals surface area (Å²) in [6, 6.07) is 17.2. The van der Waals surface area contributed by atoms with Gasteiger partial charge in [0.1, 0.15) is 25.4 Å². The molecule has 0 aliphatic heterocycles. The van der Waals surface area contributed by atoms with Crippen LogP contribution in [0.5, 0.6) is 0 Å². The minimum absolute atomic E-state index is 0.0465. The quantitative estimate of drug-likeness (QED) is 0.334. The van der Waals surface area contributed by atoms with E-state index >= 15 is 0 Å². The van der Waals surface area contributed by atoms with Crippen LogP contribution in [-0.2, 0) is 36.6 Å². The first-order chi connectivity index (χ1) is 14.9. The Morgan fingerprint density at radius 2 is 1.52 bits per heavy atom. The molecule has 0 aliphatic rings. The maximum absolute atomic E-state index is 12.5. The van der Waals surface area contributed by atoms with Crippen LogP contribution >= 0.6 is 18.0 Å². The fourth-order valence-corrected chi connectivity index (χ4v) is 2.93. The zero-order valence-corrected chi connectivity index (χ0v) is 18.6. The van der Waals surface area contributed by atoms with Crippen molar-refractivity contribution in [2.75, 3.05) is 13.3 Å². The van der Waals surface area contributed by atoms with Gasteiger partial charge in [-0.05, 0) is 22.4 Å². The van der Waals surface area contributed by atoms with Crippen LogP contribution in [0.4, 0.5) is 4.79 Å². The van der Waals surface area contributed by atoms with Gasteiger partial charge in [-0.15, -0.1) is 0 Å². The van der Waals surface area contributed by atoms with E-state index < -0.39 is 24.8 Å². The number of esters is 1. The summed E-state index contributed by atoms with van der Waals surface area (Å²) in [5, 5.41) is 2.46. The summed E-state index contributed by atoms with van der Waals surface area (Å²) >= 11 is 5.65. The SMILES string of the molecule is COP(=O)(Cl)CC#CC[C@H](NC(=O)OCc1ccccc1)C(=O)OCc1ccccc1. The fourth-order valence-electron chi connectivity index (χ4n) is 2.32. The maximum Gasteiger partial charge on any atom is 0.408 e. The minimum Gasteiger partial charge on any atom is -0.459 e. The highest BCUT2D eigenvalue weighted by molar-refractivity contribution is 7.85. The van der Waals surface area contributed by atoms with E-state index in [-0.39, 0.29) is 25.8 Å². The molecule has 31 heavy (non-hydrogen) atoms. The number of hydrogen-bond acceptors (Lipinski definition) is 6. The van der Waals surface area contributed by atoms with E-state index in [0.29, 0.717) is 0 Å². The van der Waals surface area contributed by atoms with E-state index in [9.17, 15) is 14.2 Å². The van der Waals surface area contributed by atoms with Crippen molar-refractivity contribution in [2.45, 2.75) is 25.7 Å². The van der Waals surface area contributed by atoms with Gasteiger partial charge in [0, 0.05) is 13.5 Å². The van der Waals surface area contributed by atoms with E-state index in [4.69, 9.17) is 20.7 Å². The van der Waals surface area contributed by atoms with Crippen LogP contribution in [0.15, 0.2) is 60.7 Å². The van der Waals surface area contributed by atoms with E-state index in [1.807, 2.05) is 60.7 Å². The van der Waals surface area contributed by atoms with Gasteiger partial charge in [0.05, 0.1) is 0 Å². The molecule has 164 valence electrons. The van der Waals surface area contributed by atoms with Crippen molar-refractivity contribution in [2.24, 2.45) is 0 Å². The maximum atomic E-state index is 12.5. The second-order valence-corrected chi connectivity index (χ2v) is 9.75. The van der Waals surface area contributed by atoms with Crippen LogP contribution in [0.25, 0.3) is 0 Å². The summed E-state index contributed by atoms with van der Waals surface area (Å²) in [7, 11) is 1.23. The molecule has 0 saturated carbocycles. The van der Waals surface area contributed by atoms with Crippen LogP contribution in [0, 0.1) is 11.8 Å². The minimum atomic E-state index is -3.31. The molecular weight excluding hydrogens is 441 g/mol. The number of hydrogen-bond donors (Lipinski definition) is 1. The first-order valence-corrected chi connectivity index (χ1v) is 12.1. The van der Waals surface area contributed by atoms with Gasteiger partial charge in [0.25, 0.3) is 0 Å². The summed E-state index contributed by atoms with van der Waals surface area (Å²) in [4.78, 5) is 24.7. The highest BCUT2D eigenvalue weighted by atomic mass is 35.7. The molecule has 0 heterocycles.